The van der Waals surface area contributed by atoms with Crippen LogP contribution in [0, 0.1) is 5.82 Å². The Hall–Kier alpha value is -2.41. The lowest BCUT2D eigenvalue weighted by molar-refractivity contribution is -0.135. The first-order valence-electron chi connectivity index (χ1n) is 8.25. The van der Waals surface area contributed by atoms with Crippen molar-refractivity contribution in [3.05, 3.63) is 35.8 Å². The minimum atomic E-state index is -0.347. The van der Waals surface area contributed by atoms with Gasteiger partial charge >= 0.3 is 0 Å². The Kier molecular flexibility index (Phi) is 4.51. The highest BCUT2D eigenvalue weighted by atomic mass is 19.1. The molecule has 1 aromatic heterocycles. The molecular formula is C18H23FN4O2. The Morgan fingerprint density at radius 3 is 2.56 bits per heavy atom. The fourth-order valence-electron chi connectivity index (χ4n) is 3.31. The molecule has 1 saturated heterocycles. The van der Waals surface area contributed by atoms with Gasteiger partial charge < -0.3 is 14.4 Å². The van der Waals surface area contributed by atoms with E-state index in [9.17, 15) is 14.0 Å². The van der Waals surface area contributed by atoms with Gasteiger partial charge in [0.15, 0.2) is 0 Å². The molecule has 0 radical (unpaired) electrons. The van der Waals surface area contributed by atoms with Gasteiger partial charge in [-0.2, -0.15) is 0 Å². The van der Waals surface area contributed by atoms with Gasteiger partial charge in [0.05, 0.1) is 0 Å². The molecule has 1 unspecified atom stereocenters. The summed E-state index contributed by atoms with van der Waals surface area (Å²) in [4.78, 5) is 30.6. The number of rotatable bonds is 2. The highest BCUT2D eigenvalue weighted by Gasteiger charge is 2.34. The zero-order valence-corrected chi connectivity index (χ0v) is 15.0. The molecule has 1 aromatic carbocycles. The van der Waals surface area contributed by atoms with Gasteiger partial charge in [0.1, 0.15) is 17.6 Å². The van der Waals surface area contributed by atoms with E-state index in [2.05, 4.69) is 0 Å². The molecule has 3 rings (SSSR count). The van der Waals surface area contributed by atoms with E-state index < -0.39 is 0 Å². The first-order valence-corrected chi connectivity index (χ1v) is 8.25. The van der Waals surface area contributed by atoms with Gasteiger partial charge in [-0.05, 0) is 31.3 Å². The molecule has 1 aliphatic heterocycles. The van der Waals surface area contributed by atoms with Crippen LogP contribution in [0.25, 0.3) is 10.9 Å². The molecule has 1 atom stereocenters. The number of fused-ring (bicyclic) bond motifs is 1. The Morgan fingerprint density at radius 2 is 1.88 bits per heavy atom. The number of benzene rings is 1. The minimum absolute atomic E-state index is 0.0147. The molecule has 2 heterocycles. The average molecular weight is 346 g/mol. The zero-order valence-electron chi connectivity index (χ0n) is 15.0. The fourth-order valence-corrected chi connectivity index (χ4v) is 3.31. The van der Waals surface area contributed by atoms with Gasteiger partial charge in [0, 0.05) is 51.7 Å². The number of carbonyl (C=O) groups excluding carboxylic acids is 2. The minimum Gasteiger partial charge on any atom is -0.347 e. The molecule has 7 heteroatoms. The molecule has 134 valence electrons. The molecular weight excluding hydrogens is 323 g/mol. The summed E-state index contributed by atoms with van der Waals surface area (Å²) >= 11 is 0. The van der Waals surface area contributed by atoms with Crippen LogP contribution >= 0.6 is 0 Å². The third-order valence-electron chi connectivity index (χ3n) is 4.88. The molecule has 0 aliphatic carbocycles. The van der Waals surface area contributed by atoms with Crippen molar-refractivity contribution in [3.63, 3.8) is 0 Å². The van der Waals surface area contributed by atoms with Crippen LogP contribution in [0.15, 0.2) is 24.3 Å². The van der Waals surface area contributed by atoms with Crippen molar-refractivity contribution in [1.82, 2.24) is 19.3 Å². The number of nitrogens with zero attached hydrogens (tertiary/aromatic N) is 4. The molecule has 0 N–H and O–H groups in total. The van der Waals surface area contributed by atoms with Crippen LogP contribution < -0.4 is 0 Å². The fraction of sp³-hybridized carbons (Fsp3) is 0.444. The summed E-state index contributed by atoms with van der Waals surface area (Å²) in [5.74, 6) is -0.476. The summed E-state index contributed by atoms with van der Waals surface area (Å²) in [5.41, 5.74) is 1.31. The normalized spacial score (nSPS) is 18.6. The average Bonchev–Trinajstić information content (AvgIpc) is 2.90. The number of likely N-dealkylation sites (N-methyl/N-ethyl adjacent to an activating group) is 2. The molecule has 25 heavy (non-hydrogen) atoms. The summed E-state index contributed by atoms with van der Waals surface area (Å²) < 4.78 is 15.2. The summed E-state index contributed by atoms with van der Waals surface area (Å²) in [5, 5.41) is 0.695. The maximum atomic E-state index is 13.4. The summed E-state index contributed by atoms with van der Waals surface area (Å²) in [6.45, 7) is 1.54. The van der Waals surface area contributed by atoms with Crippen molar-refractivity contribution in [2.24, 2.45) is 7.05 Å². The molecule has 0 saturated carbocycles. The second-order valence-electron chi connectivity index (χ2n) is 6.77. The number of carbonyl (C=O) groups is 2. The van der Waals surface area contributed by atoms with E-state index in [4.69, 9.17) is 0 Å². The van der Waals surface area contributed by atoms with E-state index in [1.165, 1.54) is 12.1 Å². The predicted molar refractivity (Wildman–Crippen MR) is 93.9 cm³/mol. The number of hydrogen-bond donors (Lipinski definition) is 0. The van der Waals surface area contributed by atoms with E-state index in [-0.39, 0.29) is 23.7 Å². The maximum absolute atomic E-state index is 13.4. The van der Waals surface area contributed by atoms with Crippen LogP contribution in [0.4, 0.5) is 4.39 Å². The number of halogens is 1. The molecule has 2 aromatic rings. The lowest BCUT2D eigenvalue weighted by atomic mass is 10.1. The predicted octanol–water partition coefficient (Wildman–Crippen LogP) is 1.16. The Labute approximate surface area is 146 Å². The zero-order chi connectivity index (χ0) is 18.3. The van der Waals surface area contributed by atoms with Gasteiger partial charge in [0.25, 0.3) is 5.91 Å². The van der Waals surface area contributed by atoms with Crippen molar-refractivity contribution in [3.8, 4) is 0 Å². The van der Waals surface area contributed by atoms with Crippen LogP contribution in [0.3, 0.4) is 0 Å². The topological polar surface area (TPSA) is 48.8 Å². The second-order valence-corrected chi connectivity index (χ2v) is 6.77. The number of aromatic nitrogens is 1. The summed E-state index contributed by atoms with van der Waals surface area (Å²) in [6.07, 6.45) is 0. The van der Waals surface area contributed by atoms with Crippen LogP contribution in [0.5, 0.6) is 0 Å². The van der Waals surface area contributed by atoms with Gasteiger partial charge in [-0.1, -0.05) is 0 Å². The lowest BCUT2D eigenvalue weighted by Crippen LogP contribution is -2.58. The third-order valence-corrected chi connectivity index (χ3v) is 4.88. The van der Waals surface area contributed by atoms with Gasteiger partial charge in [0.2, 0.25) is 5.91 Å². The molecule has 0 spiro atoms. The smallest absolute Gasteiger partial charge is 0.270 e. The van der Waals surface area contributed by atoms with Crippen LogP contribution in [0.1, 0.15) is 10.5 Å². The molecule has 1 aliphatic rings. The lowest BCUT2D eigenvalue weighted by Gasteiger charge is -2.39. The number of aryl methyl sites for hydroxylation is 1. The second kappa shape index (κ2) is 6.48. The monoisotopic (exact) mass is 346 g/mol. The third kappa shape index (κ3) is 3.11. The van der Waals surface area contributed by atoms with Crippen LogP contribution in [-0.4, -0.2) is 77.9 Å². The highest BCUT2D eigenvalue weighted by Crippen LogP contribution is 2.22. The van der Waals surface area contributed by atoms with Crippen molar-refractivity contribution in [2.75, 3.05) is 40.8 Å². The van der Waals surface area contributed by atoms with Gasteiger partial charge in [-0.15, -0.1) is 0 Å². The van der Waals surface area contributed by atoms with Crippen LogP contribution in [-0.2, 0) is 11.8 Å². The maximum Gasteiger partial charge on any atom is 0.270 e. The molecule has 2 amide bonds. The van der Waals surface area contributed by atoms with Crippen molar-refractivity contribution >= 4 is 22.7 Å². The van der Waals surface area contributed by atoms with E-state index in [0.717, 1.165) is 5.52 Å². The quantitative estimate of drug-likeness (QED) is 0.820. The first kappa shape index (κ1) is 17.4. The highest BCUT2D eigenvalue weighted by molar-refractivity contribution is 5.99. The number of amides is 2. The van der Waals surface area contributed by atoms with Crippen LogP contribution in [0.2, 0.25) is 0 Å². The standard InChI is InChI=1S/C18H23FN4O2/c1-20(2)17(24)16-11-23(8-7-21(16)3)18(25)15-10-12-9-13(19)5-6-14(12)22(15)4/h5-6,9-10,16H,7-8,11H2,1-4H3. The van der Waals surface area contributed by atoms with E-state index >= 15 is 0 Å². The first-order chi connectivity index (χ1) is 11.8. The molecule has 1 fully saturated rings. The molecule has 6 nitrogen and oxygen atoms in total. The Balaban J connectivity index is 1.88. The summed E-state index contributed by atoms with van der Waals surface area (Å²) in [6, 6.07) is 5.85. The Morgan fingerprint density at radius 1 is 1.16 bits per heavy atom. The van der Waals surface area contributed by atoms with E-state index in [1.54, 1.807) is 47.6 Å². The SMILES string of the molecule is CN(C)C(=O)C1CN(C(=O)c2cc3cc(F)ccc3n2C)CCN1C. The Bertz CT molecular complexity index is 830. The van der Waals surface area contributed by atoms with Crippen molar-refractivity contribution in [1.29, 1.82) is 0 Å². The van der Waals surface area contributed by atoms with E-state index in [1.807, 2.05) is 11.9 Å². The largest absolute Gasteiger partial charge is 0.347 e. The molecule has 0 bridgehead atoms. The van der Waals surface area contributed by atoms with E-state index in [0.29, 0.717) is 30.7 Å². The number of hydrogen-bond acceptors (Lipinski definition) is 3. The number of piperazine rings is 1. The van der Waals surface area contributed by atoms with Gasteiger partial charge in [-0.25, -0.2) is 4.39 Å². The van der Waals surface area contributed by atoms with Crippen molar-refractivity contribution in [2.45, 2.75) is 6.04 Å². The summed E-state index contributed by atoms with van der Waals surface area (Å²) in [7, 11) is 7.13. The van der Waals surface area contributed by atoms with Gasteiger partial charge in [-0.3, -0.25) is 14.5 Å². The van der Waals surface area contributed by atoms with Crippen molar-refractivity contribution < 1.29 is 14.0 Å².